The molecule has 33 heavy (non-hydrogen) atoms. The lowest BCUT2D eigenvalue weighted by atomic mass is 10.1. The van der Waals surface area contributed by atoms with Crippen molar-refractivity contribution >= 4 is 64.7 Å². The topological polar surface area (TPSA) is 29.9 Å². The summed E-state index contributed by atoms with van der Waals surface area (Å²) in [5.74, 6) is 0. The third-order valence-electron chi connectivity index (χ3n) is 6.27. The predicted molar refractivity (Wildman–Crippen MR) is 141 cm³/mol. The largest absolute Gasteiger partial charge is 0.356 e. The zero-order chi connectivity index (χ0) is 21.8. The highest BCUT2D eigenvalue weighted by atomic mass is 32.1. The molecule has 0 saturated carbocycles. The first-order valence-electron chi connectivity index (χ1n) is 11.0. The summed E-state index contributed by atoms with van der Waals surface area (Å²) in [6, 6.07) is 34.5. The molecule has 0 spiro atoms. The van der Waals surface area contributed by atoms with Gasteiger partial charge in [0.15, 0.2) is 0 Å². The molecule has 0 saturated heterocycles. The third kappa shape index (κ3) is 2.92. The number of fused-ring (bicyclic) bond motifs is 6. The van der Waals surface area contributed by atoms with Crippen LogP contribution in [0.4, 0.5) is 11.4 Å². The highest BCUT2D eigenvalue weighted by Crippen LogP contribution is 2.36. The van der Waals surface area contributed by atoms with Crippen molar-refractivity contribution in [1.82, 2.24) is 9.55 Å². The van der Waals surface area contributed by atoms with E-state index in [9.17, 15) is 0 Å². The monoisotopic (exact) mass is 441 g/mol. The molecule has 0 aliphatic rings. The van der Waals surface area contributed by atoms with E-state index in [0.29, 0.717) is 0 Å². The van der Waals surface area contributed by atoms with E-state index in [1.807, 2.05) is 23.7 Å². The molecule has 3 heterocycles. The molecule has 4 aromatic carbocycles. The molecule has 0 aliphatic carbocycles. The number of rotatable bonds is 3. The molecule has 0 bridgehead atoms. The number of nitrogens with one attached hydrogen (secondary N) is 1. The van der Waals surface area contributed by atoms with Gasteiger partial charge in [0.25, 0.3) is 0 Å². The molecule has 0 amide bonds. The van der Waals surface area contributed by atoms with E-state index in [-0.39, 0.29) is 0 Å². The van der Waals surface area contributed by atoms with Gasteiger partial charge in [0.2, 0.25) is 0 Å². The highest BCUT2D eigenvalue weighted by molar-refractivity contribution is 7.25. The zero-order valence-corrected chi connectivity index (χ0v) is 18.5. The Kier molecular flexibility index (Phi) is 4.01. The number of aromatic nitrogens is 2. The molecule has 156 valence electrons. The lowest BCUT2D eigenvalue weighted by Gasteiger charge is -2.10. The van der Waals surface area contributed by atoms with Gasteiger partial charge < -0.3 is 9.88 Å². The van der Waals surface area contributed by atoms with Crippen molar-refractivity contribution < 1.29 is 0 Å². The first-order chi connectivity index (χ1) is 16.3. The number of para-hydroxylation sites is 1. The van der Waals surface area contributed by atoms with E-state index >= 15 is 0 Å². The lowest BCUT2D eigenvalue weighted by Crippen LogP contribution is -1.95. The van der Waals surface area contributed by atoms with Crippen LogP contribution >= 0.6 is 11.3 Å². The van der Waals surface area contributed by atoms with Crippen molar-refractivity contribution in [2.24, 2.45) is 0 Å². The summed E-state index contributed by atoms with van der Waals surface area (Å²) >= 11 is 1.84. The van der Waals surface area contributed by atoms with Crippen LogP contribution in [0.15, 0.2) is 109 Å². The van der Waals surface area contributed by atoms with Crippen molar-refractivity contribution in [3.63, 3.8) is 0 Å². The maximum Gasteiger partial charge on any atom is 0.0724 e. The van der Waals surface area contributed by atoms with Gasteiger partial charge in [-0.05, 0) is 60.7 Å². The van der Waals surface area contributed by atoms with Crippen LogP contribution in [-0.4, -0.2) is 9.55 Å². The van der Waals surface area contributed by atoms with Gasteiger partial charge in [0.05, 0.1) is 17.2 Å². The SMILES string of the molecule is c1ccc2c(c1)sc1ccc(Nc3ccc(-n4c5ccccc5c5ccncc54)cc3)cc12. The van der Waals surface area contributed by atoms with Gasteiger partial charge in [-0.15, -0.1) is 11.3 Å². The van der Waals surface area contributed by atoms with Gasteiger partial charge in [-0.2, -0.15) is 0 Å². The number of pyridine rings is 1. The molecular formula is C29H19N3S. The Labute approximate surface area is 194 Å². The Balaban J connectivity index is 1.27. The fourth-order valence-corrected chi connectivity index (χ4v) is 5.85. The van der Waals surface area contributed by atoms with Crippen LogP contribution in [0.5, 0.6) is 0 Å². The second-order valence-electron chi connectivity index (χ2n) is 8.23. The van der Waals surface area contributed by atoms with Crippen LogP contribution in [0.25, 0.3) is 47.7 Å². The summed E-state index contributed by atoms with van der Waals surface area (Å²) in [6.07, 6.45) is 3.81. The van der Waals surface area contributed by atoms with E-state index < -0.39 is 0 Å². The van der Waals surface area contributed by atoms with Crippen molar-refractivity contribution in [1.29, 1.82) is 0 Å². The quantitative estimate of drug-likeness (QED) is 0.299. The molecule has 7 rings (SSSR count). The minimum Gasteiger partial charge on any atom is -0.356 e. The molecule has 4 heteroatoms. The fourth-order valence-electron chi connectivity index (χ4n) is 4.76. The van der Waals surface area contributed by atoms with Gasteiger partial charge in [0, 0.05) is 54.2 Å². The van der Waals surface area contributed by atoms with E-state index in [1.165, 1.54) is 36.5 Å². The summed E-state index contributed by atoms with van der Waals surface area (Å²) < 4.78 is 4.93. The Hall–Kier alpha value is -4.15. The maximum atomic E-state index is 4.38. The van der Waals surface area contributed by atoms with Gasteiger partial charge in [-0.25, -0.2) is 0 Å². The standard InChI is InChI=1S/C29H19N3S/c1-3-7-26-22(5-1)23-15-16-30-18-27(23)32(26)21-12-9-19(10-13-21)31-20-11-14-29-25(17-20)24-6-2-4-8-28(24)33-29/h1-18,31H. The molecule has 7 aromatic rings. The first-order valence-corrected chi connectivity index (χ1v) is 11.8. The van der Waals surface area contributed by atoms with Gasteiger partial charge in [0.1, 0.15) is 0 Å². The number of nitrogens with zero attached hydrogens (tertiary/aromatic N) is 2. The molecule has 0 atom stereocenters. The van der Waals surface area contributed by atoms with Gasteiger partial charge >= 0.3 is 0 Å². The summed E-state index contributed by atoms with van der Waals surface area (Å²) in [5.41, 5.74) is 5.60. The Bertz CT molecular complexity index is 1740. The Morgan fingerprint density at radius 3 is 2.24 bits per heavy atom. The number of hydrogen-bond donors (Lipinski definition) is 1. The number of hydrogen-bond acceptors (Lipinski definition) is 3. The van der Waals surface area contributed by atoms with Crippen molar-refractivity contribution in [3.8, 4) is 5.69 Å². The second kappa shape index (κ2) is 7.19. The minimum atomic E-state index is 1.07. The van der Waals surface area contributed by atoms with E-state index in [2.05, 4.69) is 112 Å². The summed E-state index contributed by atoms with van der Waals surface area (Å²) in [6.45, 7) is 0. The molecule has 0 unspecified atom stereocenters. The van der Waals surface area contributed by atoms with Crippen molar-refractivity contribution in [2.45, 2.75) is 0 Å². The average Bonchev–Trinajstić information content (AvgIpc) is 3.40. The minimum absolute atomic E-state index is 1.07. The second-order valence-corrected chi connectivity index (χ2v) is 9.31. The number of benzene rings is 4. The zero-order valence-electron chi connectivity index (χ0n) is 17.7. The normalized spacial score (nSPS) is 11.6. The Morgan fingerprint density at radius 1 is 0.606 bits per heavy atom. The van der Waals surface area contributed by atoms with Crippen molar-refractivity contribution in [3.05, 3.63) is 109 Å². The van der Waals surface area contributed by atoms with E-state index in [1.54, 1.807) is 0 Å². The molecule has 3 aromatic heterocycles. The van der Waals surface area contributed by atoms with Gasteiger partial charge in [-0.1, -0.05) is 36.4 Å². The van der Waals surface area contributed by atoms with Crippen LogP contribution in [0.1, 0.15) is 0 Å². The highest BCUT2D eigenvalue weighted by Gasteiger charge is 2.12. The lowest BCUT2D eigenvalue weighted by molar-refractivity contribution is 1.17. The van der Waals surface area contributed by atoms with E-state index in [4.69, 9.17) is 0 Å². The summed E-state index contributed by atoms with van der Waals surface area (Å²) in [7, 11) is 0. The summed E-state index contributed by atoms with van der Waals surface area (Å²) in [4.78, 5) is 4.38. The molecule has 1 N–H and O–H groups in total. The van der Waals surface area contributed by atoms with Crippen LogP contribution < -0.4 is 5.32 Å². The fraction of sp³-hybridized carbons (Fsp3) is 0. The molecule has 0 radical (unpaired) electrons. The Morgan fingerprint density at radius 2 is 1.33 bits per heavy atom. The average molecular weight is 442 g/mol. The molecule has 3 nitrogen and oxygen atoms in total. The van der Waals surface area contributed by atoms with Gasteiger partial charge in [-0.3, -0.25) is 4.98 Å². The summed E-state index contributed by atoms with van der Waals surface area (Å²) in [5, 5.41) is 8.66. The molecule has 0 aliphatic heterocycles. The van der Waals surface area contributed by atoms with Crippen LogP contribution in [0.2, 0.25) is 0 Å². The van der Waals surface area contributed by atoms with Crippen LogP contribution in [0.3, 0.4) is 0 Å². The number of anilines is 2. The maximum absolute atomic E-state index is 4.38. The molecule has 0 fully saturated rings. The van der Waals surface area contributed by atoms with Crippen LogP contribution in [-0.2, 0) is 0 Å². The van der Waals surface area contributed by atoms with Crippen LogP contribution in [0, 0.1) is 0 Å². The smallest absolute Gasteiger partial charge is 0.0724 e. The molecular weight excluding hydrogens is 422 g/mol. The predicted octanol–water partition coefficient (Wildman–Crippen LogP) is 8.29. The first kappa shape index (κ1) is 18.4. The van der Waals surface area contributed by atoms with E-state index in [0.717, 1.165) is 22.6 Å². The van der Waals surface area contributed by atoms with Crippen molar-refractivity contribution in [2.75, 3.05) is 5.32 Å². The third-order valence-corrected chi connectivity index (χ3v) is 7.42. The number of thiophene rings is 1.